The van der Waals surface area contributed by atoms with E-state index < -0.39 is 5.56 Å². The van der Waals surface area contributed by atoms with Crippen LogP contribution < -0.4 is 10.5 Å². The van der Waals surface area contributed by atoms with Crippen LogP contribution >= 0.6 is 11.6 Å². The molecule has 0 bridgehead atoms. The first-order chi connectivity index (χ1) is 20.1. The Labute approximate surface area is 252 Å². The molecule has 1 aliphatic rings. The second-order valence-corrected chi connectivity index (χ2v) is 12.3. The van der Waals surface area contributed by atoms with E-state index in [0.717, 1.165) is 54.9 Å². The third-order valence-electron chi connectivity index (χ3n) is 7.82. The fourth-order valence-electron chi connectivity index (χ4n) is 5.92. The Morgan fingerprint density at radius 1 is 1.00 bits per heavy atom. The van der Waals surface area contributed by atoms with Gasteiger partial charge in [-0.3, -0.25) is 9.36 Å². The van der Waals surface area contributed by atoms with Gasteiger partial charge in [-0.05, 0) is 56.8 Å². The van der Waals surface area contributed by atoms with Crippen LogP contribution in [-0.2, 0) is 6.54 Å². The quantitative estimate of drug-likeness (QED) is 0.240. The molecule has 0 unspecified atom stereocenters. The number of hydrogen-bond acceptors (Lipinski definition) is 7. The first-order valence-electron chi connectivity index (χ1n) is 14.7. The molecule has 0 amide bonds. The number of anilines is 1. The Balaban J connectivity index is 1.97. The molecule has 0 aliphatic carbocycles. The van der Waals surface area contributed by atoms with Crippen molar-refractivity contribution in [2.24, 2.45) is 0 Å². The van der Waals surface area contributed by atoms with Crippen molar-refractivity contribution >= 4 is 28.3 Å². The molecule has 8 nitrogen and oxygen atoms in total. The number of nitriles is 1. The summed E-state index contributed by atoms with van der Waals surface area (Å²) in [6.45, 7) is 10.4. The van der Waals surface area contributed by atoms with Crippen LogP contribution in [-0.4, -0.2) is 51.6 Å². The van der Waals surface area contributed by atoms with Crippen molar-refractivity contribution in [2.75, 3.05) is 32.1 Å². The number of halogens is 1. The molecule has 5 rings (SSSR count). The second-order valence-electron chi connectivity index (χ2n) is 11.9. The summed E-state index contributed by atoms with van der Waals surface area (Å²) in [6, 6.07) is 12.2. The molecule has 42 heavy (non-hydrogen) atoms. The average molecular weight is 584 g/mol. The highest BCUT2D eigenvalue weighted by atomic mass is 35.5. The van der Waals surface area contributed by atoms with Gasteiger partial charge in [-0.25, -0.2) is 15.0 Å². The molecular weight excluding hydrogens is 546 g/mol. The summed E-state index contributed by atoms with van der Waals surface area (Å²) in [6.07, 6.45) is 4.67. The minimum Gasteiger partial charge on any atom is -0.370 e. The lowest BCUT2D eigenvalue weighted by Gasteiger charge is -2.31. The SMILES string of the molecule is CC(C)c1ncnc(C(C)C)c1-n1c(=O)c(C#N)c(N2CCCCC2)c2cc(Cl)c(-c3ccccc3CN(C)C)nc21. The van der Waals surface area contributed by atoms with Crippen molar-refractivity contribution in [3.63, 3.8) is 0 Å². The van der Waals surface area contributed by atoms with Gasteiger partial charge in [0.05, 0.1) is 33.5 Å². The van der Waals surface area contributed by atoms with Gasteiger partial charge in [-0.15, -0.1) is 0 Å². The zero-order valence-corrected chi connectivity index (χ0v) is 26.0. The number of rotatable bonds is 7. The highest BCUT2D eigenvalue weighted by Crippen LogP contribution is 2.39. The summed E-state index contributed by atoms with van der Waals surface area (Å²) in [5, 5.41) is 11.6. The summed E-state index contributed by atoms with van der Waals surface area (Å²) in [5.41, 5.74) is 5.39. The number of pyridine rings is 2. The molecule has 3 aromatic heterocycles. The van der Waals surface area contributed by atoms with Crippen molar-refractivity contribution in [2.45, 2.75) is 65.3 Å². The second kappa shape index (κ2) is 12.2. The van der Waals surface area contributed by atoms with Crippen LogP contribution in [0.4, 0.5) is 5.69 Å². The zero-order valence-electron chi connectivity index (χ0n) is 25.3. The van der Waals surface area contributed by atoms with Gasteiger partial charge in [0.1, 0.15) is 23.6 Å². The predicted octanol–water partition coefficient (Wildman–Crippen LogP) is 6.67. The number of piperidine rings is 1. The topological polar surface area (TPSA) is 90.9 Å². The summed E-state index contributed by atoms with van der Waals surface area (Å²) in [4.78, 5) is 33.3. The summed E-state index contributed by atoms with van der Waals surface area (Å²) < 4.78 is 1.58. The molecule has 218 valence electrons. The smallest absolute Gasteiger partial charge is 0.276 e. The molecule has 0 atom stereocenters. The Kier molecular flexibility index (Phi) is 8.63. The van der Waals surface area contributed by atoms with Crippen molar-refractivity contribution in [3.8, 4) is 23.0 Å². The van der Waals surface area contributed by atoms with Crippen LogP contribution in [0.2, 0.25) is 5.02 Å². The Morgan fingerprint density at radius 3 is 2.24 bits per heavy atom. The monoisotopic (exact) mass is 583 g/mol. The minimum atomic E-state index is -0.411. The molecule has 0 spiro atoms. The van der Waals surface area contributed by atoms with Gasteiger partial charge < -0.3 is 9.80 Å². The van der Waals surface area contributed by atoms with E-state index in [2.05, 4.69) is 31.9 Å². The first kappa shape index (κ1) is 29.7. The van der Waals surface area contributed by atoms with E-state index in [0.29, 0.717) is 39.7 Å². The van der Waals surface area contributed by atoms with E-state index in [4.69, 9.17) is 16.6 Å². The van der Waals surface area contributed by atoms with E-state index in [9.17, 15) is 10.1 Å². The Morgan fingerprint density at radius 2 is 1.64 bits per heavy atom. The third kappa shape index (κ3) is 5.39. The highest BCUT2D eigenvalue weighted by Gasteiger charge is 2.29. The molecule has 1 fully saturated rings. The maximum Gasteiger partial charge on any atom is 0.276 e. The van der Waals surface area contributed by atoms with Crippen molar-refractivity contribution in [3.05, 3.63) is 74.6 Å². The number of aromatic nitrogens is 4. The van der Waals surface area contributed by atoms with Gasteiger partial charge in [0.2, 0.25) is 0 Å². The van der Waals surface area contributed by atoms with Crippen LogP contribution in [0.5, 0.6) is 0 Å². The molecule has 0 radical (unpaired) electrons. The lowest BCUT2D eigenvalue weighted by molar-refractivity contribution is 0.403. The molecule has 1 aliphatic heterocycles. The van der Waals surface area contributed by atoms with Gasteiger partial charge in [-0.2, -0.15) is 5.26 Å². The molecule has 0 N–H and O–H groups in total. The molecule has 4 aromatic rings. The number of benzene rings is 1. The molecule has 0 saturated carbocycles. The van der Waals surface area contributed by atoms with E-state index >= 15 is 0 Å². The van der Waals surface area contributed by atoms with Crippen LogP contribution in [0.25, 0.3) is 28.0 Å². The molecule has 4 heterocycles. The van der Waals surface area contributed by atoms with Gasteiger partial charge in [0.25, 0.3) is 5.56 Å². The van der Waals surface area contributed by atoms with E-state index in [1.165, 1.54) is 0 Å². The van der Waals surface area contributed by atoms with E-state index in [-0.39, 0.29) is 17.4 Å². The van der Waals surface area contributed by atoms with Crippen molar-refractivity contribution in [1.29, 1.82) is 5.26 Å². The minimum absolute atomic E-state index is 0.00217. The van der Waals surface area contributed by atoms with Crippen LogP contribution in [0.3, 0.4) is 0 Å². The summed E-state index contributed by atoms with van der Waals surface area (Å²) in [7, 11) is 4.04. The lowest BCUT2D eigenvalue weighted by Crippen LogP contribution is -2.34. The fraction of sp³-hybridized carbons (Fsp3) is 0.424. The zero-order chi connectivity index (χ0) is 30.1. The van der Waals surface area contributed by atoms with Crippen LogP contribution in [0, 0.1) is 11.3 Å². The number of hydrogen-bond donors (Lipinski definition) is 0. The molecule has 1 saturated heterocycles. The standard InChI is InChI=1S/C33H38ClN7O/c1-20(2)27-31(28(21(3)4)37-19-36-27)41-32-24(30(25(17-35)33(41)42)40-14-10-7-11-15-40)16-26(34)29(38-32)23-13-9-8-12-22(23)18-39(5)6/h8-9,12-13,16,19-21H,7,10-11,14-15,18H2,1-6H3. The Hall–Kier alpha value is -3.80. The first-order valence-corrected chi connectivity index (χ1v) is 15.0. The summed E-state index contributed by atoms with van der Waals surface area (Å²) in [5.74, 6) is 0.00434. The van der Waals surface area contributed by atoms with Gasteiger partial charge >= 0.3 is 0 Å². The predicted molar refractivity (Wildman–Crippen MR) is 170 cm³/mol. The molecule has 9 heteroatoms. The van der Waals surface area contributed by atoms with E-state index in [1.54, 1.807) is 10.9 Å². The number of fused-ring (bicyclic) bond motifs is 1. The van der Waals surface area contributed by atoms with Gasteiger partial charge in [-0.1, -0.05) is 63.6 Å². The average Bonchev–Trinajstić information content (AvgIpc) is 2.96. The van der Waals surface area contributed by atoms with E-state index in [1.807, 2.05) is 66.1 Å². The fourth-order valence-corrected chi connectivity index (χ4v) is 6.17. The maximum atomic E-state index is 14.6. The lowest BCUT2D eigenvalue weighted by atomic mass is 9.99. The van der Waals surface area contributed by atoms with Crippen molar-refractivity contribution < 1.29 is 0 Å². The normalized spacial score (nSPS) is 13.9. The van der Waals surface area contributed by atoms with Crippen LogP contribution in [0.15, 0.2) is 41.5 Å². The Bertz CT molecular complexity index is 1700. The highest BCUT2D eigenvalue weighted by molar-refractivity contribution is 6.34. The van der Waals surface area contributed by atoms with Gasteiger partial charge in [0.15, 0.2) is 0 Å². The molecular formula is C33H38ClN7O. The van der Waals surface area contributed by atoms with Gasteiger partial charge in [0, 0.05) is 30.6 Å². The third-order valence-corrected chi connectivity index (χ3v) is 8.10. The maximum absolute atomic E-state index is 14.6. The molecule has 1 aromatic carbocycles. The van der Waals surface area contributed by atoms with Crippen LogP contribution in [0.1, 0.15) is 81.3 Å². The number of nitrogens with zero attached hydrogens (tertiary/aromatic N) is 7. The van der Waals surface area contributed by atoms with Crippen molar-refractivity contribution in [1.82, 2.24) is 24.4 Å². The largest absolute Gasteiger partial charge is 0.370 e. The summed E-state index contributed by atoms with van der Waals surface area (Å²) >= 11 is 7.06.